The molecular formula is C15H19BrN2O. The molecule has 2 aromatic rings. The number of aryl methyl sites for hydroxylation is 1. The Kier molecular flexibility index (Phi) is 4.30. The van der Waals surface area contributed by atoms with Crippen LogP contribution in [-0.2, 0) is 6.54 Å². The van der Waals surface area contributed by atoms with Gasteiger partial charge in [0.1, 0.15) is 0 Å². The molecule has 1 aromatic carbocycles. The van der Waals surface area contributed by atoms with Crippen LogP contribution in [0, 0.1) is 0 Å². The summed E-state index contributed by atoms with van der Waals surface area (Å²) in [6.45, 7) is 8.45. The molecule has 0 spiro atoms. The molecular weight excluding hydrogens is 304 g/mol. The monoisotopic (exact) mass is 322 g/mol. The van der Waals surface area contributed by atoms with Crippen molar-refractivity contribution in [1.82, 2.24) is 9.47 Å². The van der Waals surface area contributed by atoms with Gasteiger partial charge in [0.2, 0.25) is 0 Å². The van der Waals surface area contributed by atoms with Crippen LogP contribution in [0.1, 0.15) is 31.1 Å². The van der Waals surface area contributed by atoms with Gasteiger partial charge in [-0.25, -0.2) is 0 Å². The molecule has 0 aliphatic heterocycles. The van der Waals surface area contributed by atoms with Gasteiger partial charge in [0.25, 0.3) is 5.91 Å². The molecule has 1 aromatic heterocycles. The summed E-state index contributed by atoms with van der Waals surface area (Å²) < 4.78 is 3.16. The topological polar surface area (TPSA) is 25.2 Å². The van der Waals surface area contributed by atoms with E-state index < -0.39 is 0 Å². The fraction of sp³-hybridized carbons (Fsp3) is 0.400. The van der Waals surface area contributed by atoms with Crippen LogP contribution in [-0.4, -0.2) is 28.5 Å². The molecule has 0 fully saturated rings. The molecule has 0 aliphatic rings. The lowest BCUT2D eigenvalue weighted by Gasteiger charge is -2.17. The van der Waals surface area contributed by atoms with Gasteiger partial charge < -0.3 is 9.47 Å². The molecule has 0 atom stereocenters. The minimum Gasteiger partial charge on any atom is -0.347 e. The standard InChI is InChI=1S/C15H19BrN2O/c1-4-17(5-2)15(19)13-10-18(6-3)14-9-11(16)7-8-12(13)14/h7-10H,4-6H2,1-3H3. The van der Waals surface area contributed by atoms with E-state index in [0.717, 1.165) is 40.6 Å². The van der Waals surface area contributed by atoms with Crippen molar-refractivity contribution < 1.29 is 4.79 Å². The van der Waals surface area contributed by atoms with Gasteiger partial charge in [0.05, 0.1) is 5.56 Å². The molecule has 0 bridgehead atoms. The molecule has 0 saturated heterocycles. The number of hydrogen-bond donors (Lipinski definition) is 0. The van der Waals surface area contributed by atoms with Gasteiger partial charge in [-0.05, 0) is 32.9 Å². The number of carbonyl (C=O) groups excluding carboxylic acids is 1. The Labute approximate surface area is 122 Å². The van der Waals surface area contributed by atoms with Crippen LogP contribution >= 0.6 is 15.9 Å². The number of amides is 1. The van der Waals surface area contributed by atoms with Gasteiger partial charge in [-0.2, -0.15) is 0 Å². The second-order valence-electron chi connectivity index (χ2n) is 4.47. The molecule has 0 saturated carbocycles. The molecule has 0 unspecified atom stereocenters. The van der Waals surface area contributed by atoms with E-state index >= 15 is 0 Å². The molecule has 0 aliphatic carbocycles. The fourth-order valence-corrected chi connectivity index (χ4v) is 2.73. The van der Waals surface area contributed by atoms with Crippen LogP contribution in [0.3, 0.4) is 0 Å². The van der Waals surface area contributed by atoms with E-state index in [0.29, 0.717) is 0 Å². The Morgan fingerprint density at radius 2 is 1.95 bits per heavy atom. The largest absolute Gasteiger partial charge is 0.347 e. The Balaban J connectivity index is 2.58. The summed E-state index contributed by atoms with van der Waals surface area (Å²) in [6, 6.07) is 6.07. The zero-order valence-electron chi connectivity index (χ0n) is 11.6. The summed E-state index contributed by atoms with van der Waals surface area (Å²) in [5.41, 5.74) is 1.90. The van der Waals surface area contributed by atoms with Crippen molar-refractivity contribution in [2.45, 2.75) is 27.3 Å². The minimum atomic E-state index is 0.115. The normalized spacial score (nSPS) is 10.9. The minimum absolute atomic E-state index is 0.115. The van der Waals surface area contributed by atoms with Gasteiger partial charge in [-0.15, -0.1) is 0 Å². The van der Waals surface area contributed by atoms with Crippen LogP contribution in [0.15, 0.2) is 28.9 Å². The molecule has 0 N–H and O–H groups in total. The highest BCUT2D eigenvalue weighted by atomic mass is 79.9. The number of carbonyl (C=O) groups is 1. The number of benzene rings is 1. The highest BCUT2D eigenvalue weighted by Gasteiger charge is 2.18. The van der Waals surface area contributed by atoms with Gasteiger partial charge in [0.15, 0.2) is 0 Å². The smallest absolute Gasteiger partial charge is 0.256 e. The van der Waals surface area contributed by atoms with E-state index in [-0.39, 0.29) is 5.91 Å². The van der Waals surface area contributed by atoms with Crippen LogP contribution in [0.25, 0.3) is 10.9 Å². The summed E-state index contributed by atoms with van der Waals surface area (Å²) in [6.07, 6.45) is 1.97. The number of hydrogen-bond acceptors (Lipinski definition) is 1. The molecule has 3 nitrogen and oxygen atoms in total. The summed E-state index contributed by atoms with van der Waals surface area (Å²) in [5, 5.41) is 1.03. The van der Waals surface area contributed by atoms with Crippen LogP contribution in [0.4, 0.5) is 0 Å². The third-order valence-electron chi connectivity index (χ3n) is 3.47. The fourth-order valence-electron chi connectivity index (χ4n) is 2.38. The van der Waals surface area contributed by atoms with Crippen molar-refractivity contribution in [2.24, 2.45) is 0 Å². The van der Waals surface area contributed by atoms with E-state index in [1.54, 1.807) is 0 Å². The van der Waals surface area contributed by atoms with E-state index in [2.05, 4.69) is 33.5 Å². The molecule has 1 amide bonds. The van der Waals surface area contributed by atoms with Gasteiger partial charge in [-0.1, -0.05) is 22.0 Å². The molecule has 0 radical (unpaired) electrons. The molecule has 1 heterocycles. The quantitative estimate of drug-likeness (QED) is 0.837. The maximum atomic E-state index is 12.5. The molecule has 19 heavy (non-hydrogen) atoms. The average Bonchev–Trinajstić information content (AvgIpc) is 2.77. The van der Waals surface area contributed by atoms with Crippen molar-refractivity contribution >= 4 is 32.7 Å². The first-order valence-electron chi connectivity index (χ1n) is 6.70. The van der Waals surface area contributed by atoms with E-state index in [1.807, 2.05) is 37.1 Å². The first-order valence-corrected chi connectivity index (χ1v) is 7.49. The molecule has 102 valence electrons. The first-order chi connectivity index (χ1) is 9.12. The van der Waals surface area contributed by atoms with Crippen LogP contribution in [0.5, 0.6) is 0 Å². The van der Waals surface area contributed by atoms with Crippen molar-refractivity contribution in [2.75, 3.05) is 13.1 Å². The maximum absolute atomic E-state index is 12.5. The third kappa shape index (κ3) is 2.54. The first kappa shape index (κ1) is 14.1. The van der Waals surface area contributed by atoms with Crippen molar-refractivity contribution in [3.05, 3.63) is 34.4 Å². The summed E-state index contributed by atoms with van der Waals surface area (Å²) in [7, 11) is 0. The zero-order valence-corrected chi connectivity index (χ0v) is 13.2. The second kappa shape index (κ2) is 5.78. The SMILES string of the molecule is CCN(CC)C(=O)c1cn(CC)c2cc(Br)ccc12. The lowest BCUT2D eigenvalue weighted by molar-refractivity contribution is 0.0774. The van der Waals surface area contributed by atoms with E-state index in [9.17, 15) is 4.79 Å². The summed E-state index contributed by atoms with van der Waals surface area (Å²) in [4.78, 5) is 14.4. The van der Waals surface area contributed by atoms with Crippen molar-refractivity contribution in [3.63, 3.8) is 0 Å². The van der Waals surface area contributed by atoms with Crippen molar-refractivity contribution in [1.29, 1.82) is 0 Å². The lowest BCUT2D eigenvalue weighted by Crippen LogP contribution is -2.30. The Bertz CT molecular complexity index is 599. The van der Waals surface area contributed by atoms with E-state index in [4.69, 9.17) is 0 Å². The van der Waals surface area contributed by atoms with Gasteiger partial charge in [-0.3, -0.25) is 4.79 Å². The number of halogens is 1. The number of nitrogens with zero attached hydrogens (tertiary/aromatic N) is 2. The number of aromatic nitrogens is 1. The van der Waals surface area contributed by atoms with Crippen molar-refractivity contribution in [3.8, 4) is 0 Å². The molecule has 2 rings (SSSR count). The third-order valence-corrected chi connectivity index (χ3v) is 3.96. The predicted molar refractivity (Wildman–Crippen MR) is 82.6 cm³/mol. The predicted octanol–water partition coefficient (Wildman–Crippen LogP) is 3.91. The van der Waals surface area contributed by atoms with E-state index in [1.165, 1.54) is 0 Å². The Morgan fingerprint density at radius 3 is 2.53 bits per heavy atom. The maximum Gasteiger partial charge on any atom is 0.256 e. The summed E-state index contributed by atoms with van der Waals surface area (Å²) in [5.74, 6) is 0.115. The lowest BCUT2D eigenvalue weighted by atomic mass is 10.1. The van der Waals surface area contributed by atoms with Gasteiger partial charge in [0, 0.05) is 41.2 Å². The van der Waals surface area contributed by atoms with Crippen LogP contribution < -0.4 is 0 Å². The highest BCUT2D eigenvalue weighted by Crippen LogP contribution is 2.26. The number of rotatable bonds is 4. The molecule has 4 heteroatoms. The highest BCUT2D eigenvalue weighted by molar-refractivity contribution is 9.10. The van der Waals surface area contributed by atoms with Crippen LogP contribution in [0.2, 0.25) is 0 Å². The second-order valence-corrected chi connectivity index (χ2v) is 5.38. The average molecular weight is 323 g/mol. The Hall–Kier alpha value is -1.29. The van der Waals surface area contributed by atoms with Gasteiger partial charge >= 0.3 is 0 Å². The summed E-state index contributed by atoms with van der Waals surface area (Å²) >= 11 is 3.49. The Morgan fingerprint density at radius 1 is 1.26 bits per heavy atom. The zero-order chi connectivity index (χ0) is 14.0. The number of fused-ring (bicyclic) bond motifs is 1.